The molecular weight excluding hydrogens is 406 g/mol. The summed E-state index contributed by atoms with van der Waals surface area (Å²) in [5.41, 5.74) is 2.36. The number of aromatic amines is 1. The maximum Gasteiger partial charge on any atom is 0.312 e. The molecule has 11 heteroatoms. The summed E-state index contributed by atoms with van der Waals surface area (Å²) >= 11 is 5.16. The Balaban J connectivity index is 1.60. The molecule has 0 saturated heterocycles. The first-order valence-electron chi connectivity index (χ1n) is 9.51. The fourth-order valence-electron chi connectivity index (χ4n) is 3.30. The average molecular weight is 430 g/mol. The van der Waals surface area contributed by atoms with Crippen molar-refractivity contribution in [2.24, 2.45) is 0 Å². The SMILES string of the molecule is CCn1c(CCNC(=O)c2ccc(Cn3nc(C)c([N+](=O)[O-])c3C)cc2)n[nH]c1=S. The molecule has 0 aliphatic carbocycles. The lowest BCUT2D eigenvalue weighted by atomic mass is 10.1. The fraction of sp³-hybridized carbons (Fsp3) is 0.368. The number of carbonyl (C=O) groups excluding carboxylic acids is 1. The maximum absolute atomic E-state index is 12.4. The number of aromatic nitrogens is 5. The number of hydrogen-bond acceptors (Lipinski definition) is 6. The zero-order valence-electron chi connectivity index (χ0n) is 17.0. The van der Waals surface area contributed by atoms with E-state index in [9.17, 15) is 14.9 Å². The van der Waals surface area contributed by atoms with Crippen molar-refractivity contribution in [3.05, 3.63) is 67.5 Å². The molecule has 0 fully saturated rings. The Hall–Kier alpha value is -3.34. The maximum atomic E-state index is 12.4. The molecular formula is C19H23N7O3S. The number of H-pyrrole nitrogens is 1. The van der Waals surface area contributed by atoms with Gasteiger partial charge in [0.1, 0.15) is 17.2 Å². The molecule has 0 unspecified atom stereocenters. The van der Waals surface area contributed by atoms with Crippen LogP contribution in [0, 0.1) is 28.7 Å². The van der Waals surface area contributed by atoms with Crippen LogP contribution in [0.5, 0.6) is 0 Å². The van der Waals surface area contributed by atoms with Crippen LogP contribution in [0.25, 0.3) is 0 Å². The first-order valence-corrected chi connectivity index (χ1v) is 9.92. The summed E-state index contributed by atoms with van der Waals surface area (Å²) in [5, 5.41) is 25.2. The lowest BCUT2D eigenvalue weighted by Gasteiger charge is -2.08. The van der Waals surface area contributed by atoms with Crippen molar-refractivity contribution < 1.29 is 9.72 Å². The van der Waals surface area contributed by atoms with Crippen molar-refractivity contribution in [1.82, 2.24) is 29.9 Å². The lowest BCUT2D eigenvalue weighted by Crippen LogP contribution is -2.26. The van der Waals surface area contributed by atoms with Crippen LogP contribution in [0.2, 0.25) is 0 Å². The second-order valence-corrected chi connectivity index (χ2v) is 7.21. The van der Waals surface area contributed by atoms with Gasteiger partial charge in [-0.2, -0.15) is 10.2 Å². The molecule has 2 heterocycles. The van der Waals surface area contributed by atoms with E-state index in [-0.39, 0.29) is 11.6 Å². The van der Waals surface area contributed by atoms with Crippen molar-refractivity contribution in [3.8, 4) is 0 Å². The van der Waals surface area contributed by atoms with Crippen LogP contribution in [-0.2, 0) is 19.5 Å². The second kappa shape index (κ2) is 8.99. The molecule has 30 heavy (non-hydrogen) atoms. The molecule has 0 aliphatic heterocycles. The predicted octanol–water partition coefficient (Wildman–Crippen LogP) is 2.70. The Morgan fingerprint density at radius 1 is 1.30 bits per heavy atom. The van der Waals surface area contributed by atoms with Crippen molar-refractivity contribution in [1.29, 1.82) is 0 Å². The summed E-state index contributed by atoms with van der Waals surface area (Å²) in [5.74, 6) is 0.623. The highest BCUT2D eigenvalue weighted by Gasteiger charge is 2.21. The monoisotopic (exact) mass is 429 g/mol. The summed E-state index contributed by atoms with van der Waals surface area (Å²) in [6.45, 7) is 6.83. The van der Waals surface area contributed by atoms with Crippen molar-refractivity contribution >= 4 is 23.8 Å². The van der Waals surface area contributed by atoms with Gasteiger partial charge in [0.15, 0.2) is 4.77 Å². The molecule has 1 amide bonds. The van der Waals surface area contributed by atoms with Gasteiger partial charge in [-0.1, -0.05) is 12.1 Å². The molecule has 0 saturated carbocycles. The predicted molar refractivity (Wildman–Crippen MR) is 113 cm³/mol. The van der Waals surface area contributed by atoms with Gasteiger partial charge in [-0.3, -0.25) is 24.7 Å². The topological polar surface area (TPSA) is 124 Å². The van der Waals surface area contributed by atoms with E-state index in [1.165, 1.54) is 0 Å². The second-order valence-electron chi connectivity index (χ2n) is 6.83. The molecule has 2 aromatic heterocycles. The Morgan fingerprint density at radius 2 is 2.00 bits per heavy atom. The number of nitrogens with zero attached hydrogens (tertiary/aromatic N) is 5. The van der Waals surface area contributed by atoms with E-state index >= 15 is 0 Å². The highest BCUT2D eigenvalue weighted by atomic mass is 32.1. The Morgan fingerprint density at radius 3 is 2.60 bits per heavy atom. The van der Waals surface area contributed by atoms with Crippen LogP contribution in [-0.4, -0.2) is 41.9 Å². The Kier molecular flexibility index (Phi) is 6.40. The van der Waals surface area contributed by atoms with Gasteiger partial charge in [-0.15, -0.1) is 0 Å². The molecule has 0 radical (unpaired) electrons. The van der Waals surface area contributed by atoms with Crippen LogP contribution < -0.4 is 5.32 Å². The van der Waals surface area contributed by atoms with E-state index in [1.807, 2.05) is 23.6 Å². The Bertz CT molecular complexity index is 1130. The van der Waals surface area contributed by atoms with Gasteiger partial charge in [-0.05, 0) is 50.7 Å². The van der Waals surface area contributed by atoms with Crippen molar-refractivity contribution in [2.75, 3.05) is 6.54 Å². The first-order chi connectivity index (χ1) is 14.3. The summed E-state index contributed by atoms with van der Waals surface area (Å²) in [6.07, 6.45) is 0.571. The van der Waals surface area contributed by atoms with E-state index in [1.54, 1.807) is 30.7 Å². The smallest absolute Gasteiger partial charge is 0.312 e. The molecule has 0 aliphatic rings. The third-order valence-electron chi connectivity index (χ3n) is 4.86. The number of carbonyl (C=O) groups is 1. The molecule has 0 bridgehead atoms. The van der Waals surface area contributed by atoms with Gasteiger partial charge >= 0.3 is 5.69 Å². The highest BCUT2D eigenvalue weighted by molar-refractivity contribution is 7.71. The minimum absolute atomic E-state index is 0.0375. The van der Waals surface area contributed by atoms with Gasteiger partial charge in [-0.25, -0.2) is 0 Å². The number of nitrogens with one attached hydrogen (secondary N) is 2. The zero-order valence-corrected chi connectivity index (χ0v) is 17.8. The third kappa shape index (κ3) is 4.46. The van der Waals surface area contributed by atoms with E-state index in [4.69, 9.17) is 12.2 Å². The molecule has 0 atom stereocenters. The summed E-state index contributed by atoms with van der Waals surface area (Å²) in [7, 11) is 0. The van der Waals surface area contributed by atoms with E-state index < -0.39 is 4.92 Å². The largest absolute Gasteiger partial charge is 0.352 e. The van der Waals surface area contributed by atoms with Crippen LogP contribution >= 0.6 is 12.2 Å². The minimum Gasteiger partial charge on any atom is -0.352 e. The minimum atomic E-state index is -0.415. The molecule has 2 N–H and O–H groups in total. The quantitative estimate of drug-likeness (QED) is 0.322. The first kappa shape index (κ1) is 21.4. The standard InChI is InChI=1S/C19H23N7O3S/c1-4-24-16(21-22-19(24)30)9-10-20-18(27)15-7-5-14(6-8-15)11-25-13(3)17(26(28)29)12(2)23-25/h5-8H,4,9-11H2,1-3H3,(H,20,27)(H,22,30). The third-order valence-corrected chi connectivity index (χ3v) is 5.17. The van der Waals surface area contributed by atoms with Crippen molar-refractivity contribution in [2.45, 2.75) is 40.3 Å². The normalized spacial score (nSPS) is 10.9. The summed E-state index contributed by atoms with van der Waals surface area (Å²) < 4.78 is 4.06. The molecule has 3 aromatic rings. The van der Waals surface area contributed by atoms with Gasteiger partial charge < -0.3 is 9.88 Å². The average Bonchev–Trinajstić information content (AvgIpc) is 3.20. The fourth-order valence-corrected chi connectivity index (χ4v) is 3.58. The molecule has 1 aromatic carbocycles. The van der Waals surface area contributed by atoms with Gasteiger partial charge in [0.05, 0.1) is 11.5 Å². The number of nitro groups is 1. The van der Waals surface area contributed by atoms with Crippen LogP contribution in [0.3, 0.4) is 0 Å². The van der Waals surface area contributed by atoms with Crippen LogP contribution in [0.15, 0.2) is 24.3 Å². The van der Waals surface area contributed by atoms with Crippen LogP contribution in [0.1, 0.15) is 40.1 Å². The molecule has 0 spiro atoms. The molecule has 158 valence electrons. The number of aryl methyl sites for hydroxylation is 1. The number of benzene rings is 1. The highest BCUT2D eigenvalue weighted by Crippen LogP contribution is 2.22. The number of rotatable bonds is 8. The van der Waals surface area contributed by atoms with Gasteiger partial charge in [0.2, 0.25) is 0 Å². The number of amides is 1. The van der Waals surface area contributed by atoms with Gasteiger partial charge in [0, 0.05) is 25.1 Å². The lowest BCUT2D eigenvalue weighted by molar-refractivity contribution is -0.386. The zero-order chi connectivity index (χ0) is 21.8. The molecule has 10 nitrogen and oxygen atoms in total. The molecule has 3 rings (SSSR count). The number of hydrogen-bond donors (Lipinski definition) is 2. The van der Waals surface area contributed by atoms with Gasteiger partial charge in [0.25, 0.3) is 5.91 Å². The Labute approximate surface area is 178 Å². The van der Waals surface area contributed by atoms with E-state index in [2.05, 4.69) is 20.6 Å². The van der Waals surface area contributed by atoms with Crippen LogP contribution in [0.4, 0.5) is 5.69 Å². The summed E-state index contributed by atoms with van der Waals surface area (Å²) in [6, 6.07) is 7.10. The van der Waals surface area contributed by atoms with Crippen molar-refractivity contribution in [3.63, 3.8) is 0 Å². The summed E-state index contributed by atoms with van der Waals surface area (Å²) in [4.78, 5) is 23.1. The van der Waals surface area contributed by atoms with E-state index in [0.717, 1.165) is 17.9 Å². The van der Waals surface area contributed by atoms with E-state index in [0.29, 0.717) is 41.2 Å².